The minimum atomic E-state index is -3.94. The second-order valence-electron chi connectivity index (χ2n) is 9.78. The molecular weight excluding hydrogens is 474 g/mol. The van der Waals surface area contributed by atoms with Gasteiger partial charge >= 0.3 is 12.1 Å². The molecule has 1 saturated heterocycles. The van der Waals surface area contributed by atoms with Gasteiger partial charge < -0.3 is 14.4 Å². The highest BCUT2D eigenvalue weighted by molar-refractivity contribution is 7.89. The number of carbonyl (C=O) groups excluding carboxylic acids is 2. The predicted octanol–water partition coefficient (Wildman–Crippen LogP) is 2.79. The largest absolute Gasteiger partial charge is 0.444 e. The maximum atomic E-state index is 13.6. The summed E-state index contributed by atoms with van der Waals surface area (Å²) in [4.78, 5) is 38.7. The summed E-state index contributed by atoms with van der Waals surface area (Å²) >= 11 is 0. The Morgan fingerprint density at radius 1 is 1.03 bits per heavy atom. The number of benzene rings is 1. The molecule has 0 aliphatic carbocycles. The number of amides is 1. The van der Waals surface area contributed by atoms with Crippen LogP contribution in [-0.2, 0) is 31.0 Å². The molecule has 1 aliphatic rings. The molecular formula is C24H33N3O7S. The molecule has 1 aliphatic heterocycles. The van der Waals surface area contributed by atoms with Gasteiger partial charge in [-0.25, -0.2) is 13.2 Å². The SMILES string of the molecule is CC(C)C(=O)OCn1ccc2c(S(=O)(=O)N3CCCN(C(=O)OC(C)(C)C)CC3)cccc2c1=O. The molecule has 0 unspecified atom stereocenters. The molecule has 10 nitrogen and oxygen atoms in total. The van der Waals surface area contributed by atoms with E-state index in [1.165, 1.54) is 38.2 Å². The smallest absolute Gasteiger partial charge is 0.410 e. The zero-order valence-corrected chi connectivity index (χ0v) is 21.6. The average molecular weight is 508 g/mol. The number of rotatable bonds is 5. The maximum absolute atomic E-state index is 13.6. The molecule has 2 heterocycles. The first-order valence-corrected chi connectivity index (χ1v) is 13.0. The van der Waals surface area contributed by atoms with Crippen molar-refractivity contribution in [1.29, 1.82) is 0 Å². The lowest BCUT2D eigenvalue weighted by Crippen LogP contribution is -2.40. The first-order valence-electron chi connectivity index (χ1n) is 11.6. The van der Waals surface area contributed by atoms with E-state index < -0.39 is 33.2 Å². The first kappa shape index (κ1) is 26.7. The second-order valence-corrected chi connectivity index (χ2v) is 11.7. The number of nitrogens with zero attached hydrogens (tertiary/aromatic N) is 3. The Hall–Kier alpha value is -2.92. The Bertz CT molecular complexity index is 1260. The van der Waals surface area contributed by atoms with E-state index in [0.717, 1.165) is 0 Å². The Morgan fingerprint density at radius 3 is 2.40 bits per heavy atom. The third-order valence-electron chi connectivity index (χ3n) is 5.52. The predicted molar refractivity (Wildman–Crippen MR) is 130 cm³/mol. The Labute approximate surface area is 205 Å². The molecule has 0 N–H and O–H groups in total. The van der Waals surface area contributed by atoms with Crippen LogP contribution in [-0.4, -0.2) is 66.0 Å². The van der Waals surface area contributed by atoms with E-state index in [9.17, 15) is 22.8 Å². The topological polar surface area (TPSA) is 115 Å². The lowest BCUT2D eigenvalue weighted by atomic mass is 10.2. The molecule has 0 radical (unpaired) electrons. The van der Waals surface area contributed by atoms with Gasteiger partial charge in [0.05, 0.1) is 10.8 Å². The van der Waals surface area contributed by atoms with Crippen molar-refractivity contribution >= 4 is 32.9 Å². The van der Waals surface area contributed by atoms with Crippen molar-refractivity contribution in [3.63, 3.8) is 0 Å². The fourth-order valence-corrected chi connectivity index (χ4v) is 5.37. The normalized spacial score (nSPS) is 15.8. The van der Waals surface area contributed by atoms with Gasteiger partial charge in [0.25, 0.3) is 5.56 Å². The first-order chi connectivity index (χ1) is 16.3. The molecule has 2 aromatic rings. The Morgan fingerprint density at radius 2 is 1.74 bits per heavy atom. The van der Waals surface area contributed by atoms with E-state index in [1.54, 1.807) is 40.7 Å². The summed E-state index contributed by atoms with van der Waals surface area (Å²) in [6.07, 6.45) is 1.40. The molecule has 0 spiro atoms. The highest BCUT2D eigenvalue weighted by atomic mass is 32.2. The van der Waals surface area contributed by atoms with Gasteiger partial charge in [0, 0.05) is 43.1 Å². The van der Waals surface area contributed by atoms with Crippen LogP contribution in [0.25, 0.3) is 10.8 Å². The Kier molecular flexibility index (Phi) is 7.90. The molecule has 35 heavy (non-hydrogen) atoms. The van der Waals surface area contributed by atoms with Crippen molar-refractivity contribution in [2.75, 3.05) is 26.2 Å². The van der Waals surface area contributed by atoms with Gasteiger partial charge in [-0.05, 0) is 45.4 Å². The number of hydrogen-bond donors (Lipinski definition) is 0. The summed E-state index contributed by atoms with van der Waals surface area (Å²) in [5, 5.41) is 0.497. The number of hydrogen-bond acceptors (Lipinski definition) is 7. The van der Waals surface area contributed by atoms with Crippen LogP contribution >= 0.6 is 0 Å². The van der Waals surface area contributed by atoms with E-state index in [1.807, 2.05) is 0 Å². The average Bonchev–Trinajstić information content (AvgIpc) is 3.04. The fraction of sp³-hybridized carbons (Fsp3) is 0.542. The molecule has 3 rings (SSSR count). The van der Waals surface area contributed by atoms with Gasteiger partial charge in [0.15, 0.2) is 6.73 Å². The molecule has 192 valence electrons. The number of pyridine rings is 1. The van der Waals surface area contributed by atoms with Gasteiger partial charge in [-0.3, -0.25) is 14.2 Å². The summed E-state index contributed by atoms with van der Waals surface area (Å²) in [6, 6.07) is 6.07. The van der Waals surface area contributed by atoms with Crippen LogP contribution in [0.3, 0.4) is 0 Å². The number of esters is 1. The van der Waals surface area contributed by atoms with Crippen molar-refractivity contribution in [3.05, 3.63) is 40.8 Å². The van der Waals surface area contributed by atoms with Crippen LogP contribution in [0, 0.1) is 5.92 Å². The van der Waals surface area contributed by atoms with Crippen molar-refractivity contribution in [1.82, 2.24) is 13.8 Å². The third-order valence-corrected chi connectivity index (χ3v) is 7.48. The number of sulfonamides is 1. The van der Waals surface area contributed by atoms with E-state index in [0.29, 0.717) is 13.0 Å². The molecule has 1 aromatic carbocycles. The Balaban J connectivity index is 1.85. The summed E-state index contributed by atoms with van der Waals surface area (Å²) < 4.78 is 40.2. The molecule has 0 atom stereocenters. The summed E-state index contributed by atoms with van der Waals surface area (Å²) in [6.45, 7) is 9.41. The van der Waals surface area contributed by atoms with Gasteiger partial charge in [0.1, 0.15) is 5.60 Å². The zero-order valence-electron chi connectivity index (χ0n) is 20.8. The highest BCUT2D eigenvalue weighted by Crippen LogP contribution is 2.25. The van der Waals surface area contributed by atoms with Crippen LogP contribution in [0.4, 0.5) is 4.79 Å². The van der Waals surface area contributed by atoms with Crippen LogP contribution in [0.5, 0.6) is 0 Å². The van der Waals surface area contributed by atoms with Crippen molar-refractivity contribution in [2.45, 2.75) is 58.3 Å². The van der Waals surface area contributed by atoms with Crippen molar-refractivity contribution in [3.8, 4) is 0 Å². The quantitative estimate of drug-likeness (QED) is 0.572. The van der Waals surface area contributed by atoms with Crippen LogP contribution in [0.15, 0.2) is 40.2 Å². The number of fused-ring (bicyclic) bond motifs is 1. The minimum absolute atomic E-state index is 0.0177. The van der Waals surface area contributed by atoms with Crippen molar-refractivity contribution in [2.24, 2.45) is 5.92 Å². The molecule has 1 fully saturated rings. The lowest BCUT2D eigenvalue weighted by Gasteiger charge is -2.26. The molecule has 0 bridgehead atoms. The van der Waals surface area contributed by atoms with Crippen LogP contribution in [0.2, 0.25) is 0 Å². The highest BCUT2D eigenvalue weighted by Gasteiger charge is 2.31. The maximum Gasteiger partial charge on any atom is 0.410 e. The van der Waals surface area contributed by atoms with Gasteiger partial charge in [0.2, 0.25) is 10.0 Å². The van der Waals surface area contributed by atoms with E-state index >= 15 is 0 Å². The molecule has 1 aromatic heterocycles. The number of ether oxygens (including phenoxy) is 2. The second kappa shape index (κ2) is 10.4. The van der Waals surface area contributed by atoms with E-state index in [4.69, 9.17) is 9.47 Å². The van der Waals surface area contributed by atoms with Gasteiger partial charge in [-0.15, -0.1) is 0 Å². The summed E-state index contributed by atoms with van der Waals surface area (Å²) in [5.41, 5.74) is -1.10. The van der Waals surface area contributed by atoms with Gasteiger partial charge in [-0.1, -0.05) is 19.9 Å². The third kappa shape index (κ3) is 6.21. The van der Waals surface area contributed by atoms with Crippen LogP contribution in [0.1, 0.15) is 41.0 Å². The number of carbonyl (C=O) groups is 2. The molecule has 11 heteroatoms. The minimum Gasteiger partial charge on any atom is -0.444 e. The fourth-order valence-electron chi connectivity index (χ4n) is 3.70. The monoisotopic (exact) mass is 507 g/mol. The zero-order chi connectivity index (χ0) is 26.0. The molecule has 0 saturated carbocycles. The van der Waals surface area contributed by atoms with E-state index in [2.05, 4.69) is 0 Å². The van der Waals surface area contributed by atoms with Gasteiger partial charge in [-0.2, -0.15) is 4.31 Å². The van der Waals surface area contributed by atoms with Crippen LogP contribution < -0.4 is 5.56 Å². The summed E-state index contributed by atoms with van der Waals surface area (Å²) in [7, 11) is -3.94. The van der Waals surface area contributed by atoms with E-state index in [-0.39, 0.29) is 48.0 Å². The standard InChI is InChI=1S/C24H33N3O7S/c1-17(2)22(29)33-16-26-13-10-18-19(21(26)28)8-6-9-20(18)35(31,32)27-12-7-11-25(14-15-27)23(30)34-24(3,4)5/h6,8-10,13,17H,7,11-12,14-16H2,1-5H3. The molecule has 1 amide bonds. The lowest BCUT2D eigenvalue weighted by molar-refractivity contribution is -0.151. The number of aromatic nitrogens is 1. The summed E-state index contributed by atoms with van der Waals surface area (Å²) in [5.74, 6) is -0.766. The van der Waals surface area contributed by atoms with Crippen molar-refractivity contribution < 1.29 is 27.5 Å².